The molecule has 16 heavy (non-hydrogen) atoms. The highest BCUT2D eigenvalue weighted by Gasteiger charge is 1.93. The van der Waals surface area contributed by atoms with E-state index >= 15 is 0 Å². The van der Waals surface area contributed by atoms with E-state index in [0.717, 1.165) is 52.4 Å². The number of rotatable bonds is 0. The van der Waals surface area contributed by atoms with Gasteiger partial charge in [0.25, 0.3) is 0 Å². The van der Waals surface area contributed by atoms with Gasteiger partial charge in [0.2, 0.25) is 0 Å². The van der Waals surface area contributed by atoms with Crippen molar-refractivity contribution in [3.05, 3.63) is 0 Å². The first-order valence-corrected chi connectivity index (χ1v) is 6.83. The van der Waals surface area contributed by atoms with Gasteiger partial charge in [-0.05, 0) is 78.0 Å². The van der Waals surface area contributed by atoms with Crippen molar-refractivity contribution in [3.8, 4) is 0 Å². The average molecular weight is 228 g/mol. The Kier molecular flexibility index (Phi) is 9.84. The predicted octanol–water partition coefficient (Wildman–Crippen LogP) is -0.0812. The molecular weight excluding hydrogens is 200 g/mol. The minimum absolute atomic E-state index is 1.14. The van der Waals surface area contributed by atoms with Gasteiger partial charge >= 0.3 is 0 Å². The summed E-state index contributed by atoms with van der Waals surface area (Å²) in [4.78, 5) is 0. The predicted molar refractivity (Wildman–Crippen MR) is 69.9 cm³/mol. The quantitative estimate of drug-likeness (QED) is 0.468. The highest BCUT2D eigenvalue weighted by molar-refractivity contribution is 4.57. The Bertz CT molecular complexity index is 77.0. The minimum atomic E-state index is 1.14. The molecule has 0 amide bonds. The molecule has 4 nitrogen and oxygen atoms in total. The third kappa shape index (κ3) is 9.09. The van der Waals surface area contributed by atoms with Crippen molar-refractivity contribution in [2.24, 2.45) is 0 Å². The fraction of sp³-hybridized carbons (Fsp3) is 1.00. The van der Waals surface area contributed by atoms with E-state index in [9.17, 15) is 0 Å². The highest BCUT2D eigenvalue weighted by atomic mass is 14.9. The average Bonchev–Trinajstić information content (AvgIpc) is 2.29. The van der Waals surface area contributed by atoms with Crippen LogP contribution < -0.4 is 21.3 Å². The molecule has 0 aromatic carbocycles. The van der Waals surface area contributed by atoms with Crippen molar-refractivity contribution in [3.63, 3.8) is 0 Å². The molecule has 4 heteroatoms. The van der Waals surface area contributed by atoms with Crippen molar-refractivity contribution in [2.75, 3.05) is 52.4 Å². The summed E-state index contributed by atoms with van der Waals surface area (Å²) < 4.78 is 0. The second kappa shape index (κ2) is 11.3. The van der Waals surface area contributed by atoms with E-state index in [1.807, 2.05) is 0 Å². The molecule has 0 spiro atoms. The second-order valence-electron chi connectivity index (χ2n) is 4.41. The molecule has 0 aromatic heterocycles. The van der Waals surface area contributed by atoms with Crippen molar-refractivity contribution >= 4 is 0 Å². The maximum Gasteiger partial charge on any atom is -0.00368 e. The van der Waals surface area contributed by atoms with Crippen molar-refractivity contribution in [2.45, 2.75) is 25.7 Å². The Hall–Kier alpha value is -0.160. The first-order chi connectivity index (χ1) is 8.00. The second-order valence-corrected chi connectivity index (χ2v) is 4.41. The van der Waals surface area contributed by atoms with E-state index < -0.39 is 0 Å². The number of nitrogens with one attached hydrogen (secondary N) is 4. The van der Waals surface area contributed by atoms with Gasteiger partial charge in [-0.2, -0.15) is 0 Å². The maximum atomic E-state index is 3.47. The largest absolute Gasteiger partial charge is 0.317 e. The molecule has 1 heterocycles. The van der Waals surface area contributed by atoms with Crippen LogP contribution in [0, 0.1) is 0 Å². The van der Waals surface area contributed by atoms with Gasteiger partial charge in [0, 0.05) is 0 Å². The van der Waals surface area contributed by atoms with E-state index in [0.29, 0.717) is 0 Å². The van der Waals surface area contributed by atoms with Crippen LogP contribution in [0.4, 0.5) is 0 Å². The van der Waals surface area contributed by atoms with Crippen molar-refractivity contribution in [1.29, 1.82) is 0 Å². The lowest BCUT2D eigenvalue weighted by Crippen LogP contribution is -2.29. The molecule has 1 fully saturated rings. The summed E-state index contributed by atoms with van der Waals surface area (Å²) in [5.74, 6) is 0. The summed E-state index contributed by atoms with van der Waals surface area (Å²) in [6.07, 6.45) is 4.95. The van der Waals surface area contributed by atoms with Crippen LogP contribution in [0.3, 0.4) is 0 Å². The third-order valence-electron chi connectivity index (χ3n) is 2.83. The summed E-state index contributed by atoms with van der Waals surface area (Å²) in [6, 6.07) is 0. The molecule has 4 N–H and O–H groups in total. The van der Waals surface area contributed by atoms with Gasteiger partial charge in [0.05, 0.1) is 0 Å². The van der Waals surface area contributed by atoms with Crippen LogP contribution >= 0.6 is 0 Å². The number of hydrogen-bond acceptors (Lipinski definition) is 4. The molecular formula is C12H28N4. The van der Waals surface area contributed by atoms with Gasteiger partial charge in [0.15, 0.2) is 0 Å². The zero-order valence-corrected chi connectivity index (χ0v) is 10.5. The first kappa shape index (κ1) is 13.9. The van der Waals surface area contributed by atoms with Crippen LogP contribution in [0.2, 0.25) is 0 Å². The van der Waals surface area contributed by atoms with Crippen LogP contribution in [-0.2, 0) is 0 Å². The summed E-state index contributed by atoms with van der Waals surface area (Å²) in [5, 5.41) is 13.9. The Morgan fingerprint density at radius 1 is 0.312 bits per heavy atom. The Morgan fingerprint density at radius 3 is 0.688 bits per heavy atom. The molecule has 1 saturated heterocycles. The first-order valence-electron chi connectivity index (χ1n) is 6.83. The van der Waals surface area contributed by atoms with Gasteiger partial charge in [0.1, 0.15) is 0 Å². The smallest absolute Gasteiger partial charge is 0.00368 e. The molecule has 96 valence electrons. The van der Waals surface area contributed by atoms with Crippen LogP contribution in [0.15, 0.2) is 0 Å². The Labute approximate surface area is 99.9 Å². The topological polar surface area (TPSA) is 48.1 Å². The molecule has 0 aromatic rings. The molecule has 0 unspecified atom stereocenters. The van der Waals surface area contributed by atoms with Crippen LogP contribution in [0.25, 0.3) is 0 Å². The lowest BCUT2D eigenvalue weighted by atomic mass is 10.3. The molecule has 0 atom stereocenters. The minimum Gasteiger partial charge on any atom is -0.317 e. The van der Waals surface area contributed by atoms with Gasteiger partial charge in [-0.25, -0.2) is 0 Å². The fourth-order valence-electron chi connectivity index (χ4n) is 1.85. The van der Waals surface area contributed by atoms with Gasteiger partial charge in [-0.3, -0.25) is 0 Å². The lowest BCUT2D eigenvalue weighted by Gasteiger charge is -2.09. The van der Waals surface area contributed by atoms with Crippen LogP contribution in [0.5, 0.6) is 0 Å². The SMILES string of the molecule is C1CNCCCNCCCNCCCNC1. The van der Waals surface area contributed by atoms with Gasteiger partial charge in [-0.1, -0.05) is 0 Å². The van der Waals surface area contributed by atoms with Crippen molar-refractivity contribution < 1.29 is 0 Å². The zero-order chi connectivity index (χ0) is 11.3. The molecule has 1 rings (SSSR count). The van der Waals surface area contributed by atoms with Crippen molar-refractivity contribution in [1.82, 2.24) is 21.3 Å². The molecule has 1 aliphatic heterocycles. The van der Waals surface area contributed by atoms with E-state index in [1.165, 1.54) is 25.7 Å². The molecule has 0 radical (unpaired) electrons. The Morgan fingerprint density at radius 2 is 0.500 bits per heavy atom. The number of hydrogen-bond donors (Lipinski definition) is 4. The molecule has 0 bridgehead atoms. The normalized spacial score (nSPS) is 24.0. The Balaban J connectivity index is 2.00. The van der Waals surface area contributed by atoms with E-state index in [1.54, 1.807) is 0 Å². The zero-order valence-electron chi connectivity index (χ0n) is 10.5. The van der Waals surface area contributed by atoms with Gasteiger partial charge in [-0.15, -0.1) is 0 Å². The van der Waals surface area contributed by atoms with Gasteiger partial charge < -0.3 is 21.3 Å². The maximum absolute atomic E-state index is 3.47. The lowest BCUT2D eigenvalue weighted by molar-refractivity contribution is 0.527. The van der Waals surface area contributed by atoms with E-state index in [4.69, 9.17) is 0 Å². The summed E-state index contributed by atoms with van der Waals surface area (Å²) in [5.41, 5.74) is 0. The van der Waals surface area contributed by atoms with E-state index in [2.05, 4.69) is 21.3 Å². The molecule has 1 aliphatic rings. The summed E-state index contributed by atoms with van der Waals surface area (Å²) in [7, 11) is 0. The highest BCUT2D eigenvalue weighted by Crippen LogP contribution is 1.81. The molecule has 0 saturated carbocycles. The monoisotopic (exact) mass is 228 g/mol. The third-order valence-corrected chi connectivity index (χ3v) is 2.83. The van der Waals surface area contributed by atoms with Crippen LogP contribution in [0.1, 0.15) is 25.7 Å². The molecule has 0 aliphatic carbocycles. The fourth-order valence-corrected chi connectivity index (χ4v) is 1.85. The van der Waals surface area contributed by atoms with Crippen LogP contribution in [-0.4, -0.2) is 52.4 Å². The summed E-state index contributed by atoms with van der Waals surface area (Å²) >= 11 is 0. The van der Waals surface area contributed by atoms with E-state index in [-0.39, 0.29) is 0 Å². The summed E-state index contributed by atoms with van der Waals surface area (Å²) in [6.45, 7) is 9.15. The standard InChI is InChI=1S/C12H28N4/c1-5-13-7-2-9-15-11-4-12-16-10-3-8-14-6-1/h13-16H,1-12H2.